The monoisotopic (exact) mass is 194 g/mol. The van der Waals surface area contributed by atoms with Crippen molar-refractivity contribution < 1.29 is 0 Å². The fourth-order valence-corrected chi connectivity index (χ4v) is 1.55. The molecular weight excluding hydrogens is 180 g/mol. The highest BCUT2D eigenvalue weighted by Crippen LogP contribution is 2.20. The molecule has 0 aliphatic heterocycles. The molecule has 0 nitrogen and oxygen atoms in total. The second kappa shape index (κ2) is 5.08. The molecule has 0 unspecified atom stereocenters. The Morgan fingerprint density at radius 2 is 2.23 bits per heavy atom. The zero-order valence-corrected chi connectivity index (χ0v) is 8.77. The highest BCUT2D eigenvalue weighted by molar-refractivity contribution is 6.31. The minimum absolute atomic E-state index is 0.871. The van der Waals surface area contributed by atoms with Gasteiger partial charge in [0.1, 0.15) is 0 Å². The van der Waals surface area contributed by atoms with Gasteiger partial charge in [-0.3, -0.25) is 0 Å². The molecule has 13 heavy (non-hydrogen) atoms. The first-order chi connectivity index (χ1) is 6.25. The van der Waals surface area contributed by atoms with Crippen LogP contribution in [-0.2, 0) is 6.42 Å². The van der Waals surface area contributed by atoms with Gasteiger partial charge in [-0.1, -0.05) is 29.8 Å². The number of hydrogen-bond acceptors (Lipinski definition) is 0. The maximum absolute atomic E-state index is 6.01. The lowest BCUT2D eigenvalue weighted by Crippen LogP contribution is -1.89. The summed E-state index contributed by atoms with van der Waals surface area (Å²) in [6.07, 6.45) is 5.29. The summed E-state index contributed by atoms with van der Waals surface area (Å²) in [5, 5.41) is 0.871. The lowest BCUT2D eigenvalue weighted by atomic mass is 10.0. The Labute approximate surface area is 85.2 Å². The maximum Gasteiger partial charge on any atom is 0.0437 e. The molecule has 0 heterocycles. The third-order valence-corrected chi connectivity index (χ3v) is 2.64. The van der Waals surface area contributed by atoms with E-state index in [2.05, 4.69) is 19.6 Å². The summed E-state index contributed by atoms with van der Waals surface area (Å²) in [5.74, 6) is 0. The van der Waals surface area contributed by atoms with Gasteiger partial charge >= 0.3 is 0 Å². The second-order valence-corrected chi connectivity index (χ2v) is 3.61. The van der Waals surface area contributed by atoms with E-state index in [1.807, 2.05) is 18.2 Å². The molecule has 1 rings (SSSR count). The molecule has 0 N–H and O–H groups in total. The average Bonchev–Trinajstić information content (AvgIpc) is 2.13. The number of benzene rings is 1. The van der Waals surface area contributed by atoms with Crippen molar-refractivity contribution in [2.24, 2.45) is 0 Å². The smallest absolute Gasteiger partial charge is 0.0437 e. The second-order valence-electron chi connectivity index (χ2n) is 3.20. The topological polar surface area (TPSA) is 0 Å². The van der Waals surface area contributed by atoms with E-state index in [0.29, 0.717) is 0 Å². The van der Waals surface area contributed by atoms with E-state index in [9.17, 15) is 0 Å². The van der Waals surface area contributed by atoms with Crippen molar-refractivity contribution in [3.05, 3.63) is 47.0 Å². The summed E-state index contributed by atoms with van der Waals surface area (Å²) >= 11 is 6.01. The van der Waals surface area contributed by atoms with Gasteiger partial charge in [0, 0.05) is 5.02 Å². The third kappa shape index (κ3) is 2.89. The highest BCUT2D eigenvalue weighted by Gasteiger charge is 2.00. The van der Waals surface area contributed by atoms with E-state index < -0.39 is 0 Å². The number of unbranched alkanes of at least 4 members (excludes halogenated alkanes) is 1. The first-order valence-electron chi connectivity index (χ1n) is 4.60. The van der Waals surface area contributed by atoms with Crippen LogP contribution in [0.4, 0.5) is 0 Å². The van der Waals surface area contributed by atoms with Gasteiger partial charge in [0.2, 0.25) is 0 Å². The fourth-order valence-electron chi connectivity index (χ4n) is 1.36. The molecule has 0 aromatic heterocycles. The van der Waals surface area contributed by atoms with Gasteiger partial charge in [-0.15, -0.1) is 6.58 Å². The van der Waals surface area contributed by atoms with Gasteiger partial charge in [0.25, 0.3) is 0 Å². The molecular formula is C12H15Cl. The van der Waals surface area contributed by atoms with E-state index in [1.165, 1.54) is 11.1 Å². The molecule has 0 aliphatic rings. The Kier molecular flexibility index (Phi) is 4.04. The number of allylic oxidation sites excluding steroid dienone is 1. The van der Waals surface area contributed by atoms with Crippen molar-refractivity contribution in [3.63, 3.8) is 0 Å². The van der Waals surface area contributed by atoms with E-state index >= 15 is 0 Å². The predicted molar refractivity (Wildman–Crippen MR) is 59.3 cm³/mol. The molecule has 0 bridgehead atoms. The van der Waals surface area contributed by atoms with Gasteiger partial charge in [-0.25, -0.2) is 0 Å². The molecule has 0 atom stereocenters. The minimum Gasteiger partial charge on any atom is -0.103 e. The Morgan fingerprint density at radius 1 is 1.46 bits per heavy atom. The first-order valence-corrected chi connectivity index (χ1v) is 4.98. The molecule has 0 fully saturated rings. The number of hydrogen-bond donors (Lipinski definition) is 0. The van der Waals surface area contributed by atoms with Gasteiger partial charge in [-0.2, -0.15) is 0 Å². The van der Waals surface area contributed by atoms with Crippen LogP contribution in [0.15, 0.2) is 30.9 Å². The minimum atomic E-state index is 0.871. The number of halogens is 1. The Morgan fingerprint density at radius 3 is 2.92 bits per heavy atom. The molecule has 1 heteroatoms. The molecule has 0 saturated carbocycles. The Bertz CT molecular complexity index is 289. The van der Waals surface area contributed by atoms with Crippen LogP contribution in [0.5, 0.6) is 0 Å². The fraction of sp³-hybridized carbons (Fsp3) is 0.333. The van der Waals surface area contributed by atoms with E-state index in [0.717, 1.165) is 24.3 Å². The molecule has 1 aromatic rings. The standard InChI is InChI=1S/C12H15Cl/c1-3-4-5-7-11-8-6-9-12(13)10(11)2/h3,6,8-9H,1,4-5,7H2,2H3. The van der Waals surface area contributed by atoms with E-state index in [-0.39, 0.29) is 0 Å². The van der Waals surface area contributed by atoms with Crippen LogP contribution in [0, 0.1) is 6.92 Å². The van der Waals surface area contributed by atoms with Crippen LogP contribution >= 0.6 is 11.6 Å². The highest BCUT2D eigenvalue weighted by atomic mass is 35.5. The number of aryl methyl sites for hydroxylation is 1. The van der Waals surface area contributed by atoms with E-state index in [4.69, 9.17) is 11.6 Å². The SMILES string of the molecule is C=CCCCc1cccc(Cl)c1C. The van der Waals surface area contributed by atoms with Crippen LogP contribution in [-0.4, -0.2) is 0 Å². The van der Waals surface area contributed by atoms with Crippen LogP contribution in [0.1, 0.15) is 24.0 Å². The van der Waals surface area contributed by atoms with Gasteiger partial charge in [-0.05, 0) is 43.4 Å². The summed E-state index contributed by atoms with van der Waals surface area (Å²) in [5.41, 5.74) is 2.57. The molecule has 0 spiro atoms. The largest absolute Gasteiger partial charge is 0.103 e. The summed E-state index contributed by atoms with van der Waals surface area (Å²) in [6.45, 7) is 5.78. The van der Waals surface area contributed by atoms with Crippen LogP contribution in [0.25, 0.3) is 0 Å². The summed E-state index contributed by atoms with van der Waals surface area (Å²) < 4.78 is 0. The molecule has 70 valence electrons. The maximum atomic E-state index is 6.01. The first kappa shape index (κ1) is 10.3. The van der Waals surface area contributed by atoms with Crippen molar-refractivity contribution in [2.75, 3.05) is 0 Å². The van der Waals surface area contributed by atoms with E-state index in [1.54, 1.807) is 0 Å². The van der Waals surface area contributed by atoms with Crippen LogP contribution < -0.4 is 0 Å². The van der Waals surface area contributed by atoms with Gasteiger partial charge in [0.15, 0.2) is 0 Å². The Balaban J connectivity index is 2.65. The van der Waals surface area contributed by atoms with Crippen molar-refractivity contribution in [1.82, 2.24) is 0 Å². The zero-order chi connectivity index (χ0) is 9.68. The van der Waals surface area contributed by atoms with Crippen molar-refractivity contribution in [2.45, 2.75) is 26.2 Å². The third-order valence-electron chi connectivity index (χ3n) is 2.23. The van der Waals surface area contributed by atoms with Crippen molar-refractivity contribution in [1.29, 1.82) is 0 Å². The molecule has 1 aromatic carbocycles. The molecule has 0 saturated heterocycles. The van der Waals surface area contributed by atoms with Crippen LogP contribution in [0.2, 0.25) is 5.02 Å². The van der Waals surface area contributed by atoms with Crippen molar-refractivity contribution in [3.8, 4) is 0 Å². The molecule has 0 radical (unpaired) electrons. The predicted octanol–water partition coefficient (Wildman–Crippen LogP) is 4.16. The summed E-state index contributed by atoms with van der Waals surface area (Å²) in [4.78, 5) is 0. The normalized spacial score (nSPS) is 10.0. The lowest BCUT2D eigenvalue weighted by Gasteiger charge is -2.05. The molecule has 0 amide bonds. The summed E-state index contributed by atoms with van der Waals surface area (Å²) in [6, 6.07) is 6.09. The quantitative estimate of drug-likeness (QED) is 0.499. The molecule has 0 aliphatic carbocycles. The van der Waals surface area contributed by atoms with Crippen molar-refractivity contribution >= 4 is 11.6 Å². The lowest BCUT2D eigenvalue weighted by molar-refractivity contribution is 0.839. The van der Waals surface area contributed by atoms with Gasteiger partial charge in [0.05, 0.1) is 0 Å². The van der Waals surface area contributed by atoms with Gasteiger partial charge < -0.3 is 0 Å². The average molecular weight is 195 g/mol. The summed E-state index contributed by atoms with van der Waals surface area (Å²) in [7, 11) is 0. The zero-order valence-electron chi connectivity index (χ0n) is 8.02. The number of rotatable bonds is 4. The Hall–Kier alpha value is -0.750. The van der Waals surface area contributed by atoms with Crippen LogP contribution in [0.3, 0.4) is 0 Å².